The van der Waals surface area contributed by atoms with Crippen LogP contribution in [0.15, 0.2) is 0 Å². The number of carboxylic acids is 1. The number of hydrogen-bond acceptors (Lipinski definition) is 3. The van der Waals surface area contributed by atoms with Crippen molar-refractivity contribution in [3.8, 4) is 0 Å². The standard InChI is InChI=1S/C6H14N2O2.Na/c7-4-2-1-3-5(8)6(9)10;/h5H,1-4,7-8H2,(H,9,10);. The Labute approximate surface area is 88.6 Å². The summed E-state index contributed by atoms with van der Waals surface area (Å²) in [6, 6.07) is -0.716. The number of unbranched alkanes of at least 4 members (excludes halogenated alkanes) is 1. The molecule has 0 aliphatic rings. The molecule has 4 nitrogen and oxygen atoms in total. The van der Waals surface area contributed by atoms with Crippen molar-refractivity contribution in [1.82, 2.24) is 0 Å². The van der Waals surface area contributed by atoms with E-state index in [-0.39, 0.29) is 29.6 Å². The van der Waals surface area contributed by atoms with Gasteiger partial charge in [0.1, 0.15) is 6.04 Å². The van der Waals surface area contributed by atoms with Gasteiger partial charge in [-0.3, -0.25) is 4.79 Å². The second-order valence-electron chi connectivity index (χ2n) is 2.23. The molecule has 1 atom stereocenters. The van der Waals surface area contributed by atoms with E-state index in [2.05, 4.69) is 0 Å². The smallest absolute Gasteiger partial charge is 0.320 e. The maximum Gasteiger partial charge on any atom is 0.320 e. The van der Waals surface area contributed by atoms with Gasteiger partial charge in [0.05, 0.1) is 0 Å². The van der Waals surface area contributed by atoms with Crippen molar-refractivity contribution < 1.29 is 9.90 Å². The van der Waals surface area contributed by atoms with E-state index in [0.29, 0.717) is 13.0 Å². The Morgan fingerprint density at radius 3 is 2.36 bits per heavy atom. The van der Waals surface area contributed by atoms with Crippen LogP contribution in [0.4, 0.5) is 0 Å². The number of nitrogens with two attached hydrogens (primary N) is 2. The molecule has 1 unspecified atom stereocenters. The number of carboxylic acid groups (broad SMARTS) is 1. The Kier molecular flexibility index (Phi) is 10.8. The molecule has 5 heteroatoms. The Bertz CT molecular complexity index is 111. The first-order valence-corrected chi connectivity index (χ1v) is 3.37. The summed E-state index contributed by atoms with van der Waals surface area (Å²) in [5.41, 5.74) is 10.4. The fraction of sp³-hybridized carbons (Fsp3) is 0.833. The first-order valence-electron chi connectivity index (χ1n) is 3.37. The van der Waals surface area contributed by atoms with Gasteiger partial charge in [0.25, 0.3) is 0 Å². The van der Waals surface area contributed by atoms with Gasteiger partial charge in [0.15, 0.2) is 0 Å². The summed E-state index contributed by atoms with van der Waals surface area (Å²) in [4.78, 5) is 10.1. The fourth-order valence-electron chi connectivity index (χ4n) is 0.632. The summed E-state index contributed by atoms with van der Waals surface area (Å²) < 4.78 is 0. The third-order valence-electron chi connectivity index (χ3n) is 1.29. The molecule has 0 saturated heterocycles. The quantitative estimate of drug-likeness (QED) is 0.369. The molecule has 0 aromatic heterocycles. The van der Waals surface area contributed by atoms with Gasteiger partial charge >= 0.3 is 5.97 Å². The minimum Gasteiger partial charge on any atom is -0.480 e. The van der Waals surface area contributed by atoms with E-state index in [9.17, 15) is 4.79 Å². The summed E-state index contributed by atoms with van der Waals surface area (Å²) in [5.74, 6) is -0.933. The summed E-state index contributed by atoms with van der Waals surface area (Å²) >= 11 is 0. The zero-order valence-corrected chi connectivity index (χ0v) is 8.92. The van der Waals surface area contributed by atoms with Gasteiger partial charge in [-0.15, -0.1) is 0 Å². The van der Waals surface area contributed by atoms with Gasteiger partial charge in [0, 0.05) is 29.6 Å². The first-order chi connectivity index (χ1) is 4.68. The number of hydrogen-bond donors (Lipinski definition) is 3. The molecule has 1 radical (unpaired) electrons. The number of carbonyl (C=O) groups is 1. The molecule has 0 fully saturated rings. The number of aliphatic carboxylic acids is 1. The van der Waals surface area contributed by atoms with Crippen LogP contribution in [0.25, 0.3) is 0 Å². The first kappa shape index (κ1) is 13.9. The Morgan fingerprint density at radius 1 is 1.45 bits per heavy atom. The van der Waals surface area contributed by atoms with Crippen LogP contribution in [0.5, 0.6) is 0 Å². The van der Waals surface area contributed by atoms with Crippen molar-refractivity contribution in [1.29, 1.82) is 0 Å². The van der Waals surface area contributed by atoms with Crippen LogP contribution < -0.4 is 11.5 Å². The van der Waals surface area contributed by atoms with E-state index < -0.39 is 12.0 Å². The monoisotopic (exact) mass is 169 g/mol. The Hall–Kier alpha value is 0.390. The molecule has 0 aliphatic heterocycles. The average molecular weight is 169 g/mol. The van der Waals surface area contributed by atoms with Crippen LogP contribution in [0.2, 0.25) is 0 Å². The molecule has 5 N–H and O–H groups in total. The van der Waals surface area contributed by atoms with Crippen LogP contribution in [-0.4, -0.2) is 53.2 Å². The molecule has 0 aliphatic carbocycles. The predicted octanol–water partition coefficient (Wildman–Crippen LogP) is -0.853. The topological polar surface area (TPSA) is 89.3 Å². The van der Waals surface area contributed by atoms with Crippen molar-refractivity contribution in [2.45, 2.75) is 25.3 Å². The summed E-state index contributed by atoms with van der Waals surface area (Å²) in [7, 11) is 0. The van der Waals surface area contributed by atoms with Crippen molar-refractivity contribution in [2.24, 2.45) is 11.5 Å². The zero-order valence-electron chi connectivity index (χ0n) is 6.92. The maximum absolute atomic E-state index is 10.1. The summed E-state index contributed by atoms with van der Waals surface area (Å²) in [5, 5.41) is 8.33. The van der Waals surface area contributed by atoms with Gasteiger partial charge in [-0.05, 0) is 19.4 Å². The predicted molar refractivity (Wildman–Crippen MR) is 44.3 cm³/mol. The van der Waals surface area contributed by atoms with Gasteiger partial charge in [-0.2, -0.15) is 0 Å². The molecule has 61 valence electrons. The van der Waals surface area contributed by atoms with Crippen molar-refractivity contribution in [3.63, 3.8) is 0 Å². The normalized spacial score (nSPS) is 11.8. The Morgan fingerprint density at radius 2 is 2.00 bits per heavy atom. The van der Waals surface area contributed by atoms with Crippen LogP contribution in [0.3, 0.4) is 0 Å². The van der Waals surface area contributed by atoms with Crippen LogP contribution in [0.1, 0.15) is 19.3 Å². The maximum atomic E-state index is 10.1. The number of rotatable bonds is 5. The van der Waals surface area contributed by atoms with Gasteiger partial charge < -0.3 is 16.6 Å². The Balaban J connectivity index is 0. The van der Waals surface area contributed by atoms with Crippen LogP contribution >= 0.6 is 0 Å². The summed E-state index contributed by atoms with van der Waals surface area (Å²) in [6.45, 7) is 0.604. The third kappa shape index (κ3) is 8.29. The van der Waals surface area contributed by atoms with Gasteiger partial charge in [-0.1, -0.05) is 6.42 Å². The zero-order chi connectivity index (χ0) is 7.98. The van der Waals surface area contributed by atoms with Crippen LogP contribution in [0, 0.1) is 0 Å². The van der Waals surface area contributed by atoms with Crippen molar-refractivity contribution >= 4 is 35.5 Å². The van der Waals surface area contributed by atoms with Gasteiger partial charge in [0.2, 0.25) is 0 Å². The molecule has 0 amide bonds. The molecule has 0 rings (SSSR count). The summed E-state index contributed by atoms with van der Waals surface area (Å²) in [6.07, 6.45) is 2.16. The van der Waals surface area contributed by atoms with E-state index >= 15 is 0 Å². The molecule has 0 saturated carbocycles. The molecule has 0 aromatic carbocycles. The molecular formula is C6H14N2NaO2. The molecule has 0 bridgehead atoms. The van der Waals surface area contributed by atoms with E-state index in [1.807, 2.05) is 0 Å². The minimum absolute atomic E-state index is 0. The molecular weight excluding hydrogens is 155 g/mol. The van der Waals surface area contributed by atoms with Gasteiger partial charge in [-0.25, -0.2) is 0 Å². The second kappa shape index (κ2) is 8.49. The minimum atomic E-state index is -0.933. The van der Waals surface area contributed by atoms with E-state index in [0.717, 1.165) is 12.8 Å². The largest absolute Gasteiger partial charge is 0.480 e. The molecule has 0 aromatic rings. The van der Waals surface area contributed by atoms with Crippen LogP contribution in [-0.2, 0) is 4.79 Å². The van der Waals surface area contributed by atoms with E-state index in [1.54, 1.807) is 0 Å². The molecule has 11 heavy (non-hydrogen) atoms. The van der Waals surface area contributed by atoms with E-state index in [4.69, 9.17) is 16.6 Å². The average Bonchev–Trinajstić information content (AvgIpc) is 1.88. The van der Waals surface area contributed by atoms with Crippen molar-refractivity contribution in [3.05, 3.63) is 0 Å². The van der Waals surface area contributed by atoms with Crippen molar-refractivity contribution in [2.75, 3.05) is 6.54 Å². The van der Waals surface area contributed by atoms with E-state index in [1.165, 1.54) is 0 Å². The second-order valence-corrected chi connectivity index (χ2v) is 2.23. The SMILES string of the molecule is NCCCCC(N)C(=O)O.[Na]. The third-order valence-corrected chi connectivity index (χ3v) is 1.29. The molecule has 0 heterocycles. The molecule has 0 spiro atoms. The fourth-order valence-corrected chi connectivity index (χ4v) is 0.632.